The van der Waals surface area contributed by atoms with Crippen LogP contribution in [0.2, 0.25) is 0 Å². The largest absolute Gasteiger partial charge is 0.347 e. The number of benzene rings is 1. The molecule has 3 rings (SSSR count). The summed E-state index contributed by atoms with van der Waals surface area (Å²) >= 11 is 0. The molecule has 2 aromatic heterocycles. The maximum Gasteiger partial charge on any atom is 0.224 e. The van der Waals surface area contributed by atoms with E-state index in [1.807, 2.05) is 49.8 Å². The van der Waals surface area contributed by atoms with Crippen molar-refractivity contribution in [2.45, 2.75) is 19.6 Å². The van der Waals surface area contributed by atoms with Crippen LogP contribution >= 0.6 is 0 Å². The number of rotatable bonds is 7. The second-order valence-corrected chi connectivity index (χ2v) is 6.27. The van der Waals surface area contributed by atoms with E-state index in [9.17, 15) is 0 Å². The topological polar surface area (TPSA) is 45.2 Å². The van der Waals surface area contributed by atoms with Crippen LogP contribution in [0.3, 0.4) is 0 Å². The van der Waals surface area contributed by atoms with Crippen LogP contribution in [0, 0.1) is 0 Å². The number of anilines is 1. The Balaban J connectivity index is 1.75. The molecule has 3 aromatic rings. The molecule has 0 fully saturated rings. The molecule has 0 saturated heterocycles. The van der Waals surface area contributed by atoms with Crippen LogP contribution in [0.25, 0.3) is 0 Å². The number of hydrogen-bond donors (Lipinski definition) is 0. The second kappa shape index (κ2) is 8.35. The normalized spacial score (nSPS) is 10.8. The van der Waals surface area contributed by atoms with Gasteiger partial charge in [0, 0.05) is 64.1 Å². The van der Waals surface area contributed by atoms with Crippen LogP contribution in [0.1, 0.15) is 16.7 Å². The smallest absolute Gasteiger partial charge is 0.224 e. The average molecular weight is 333 g/mol. The van der Waals surface area contributed by atoms with E-state index >= 15 is 0 Å². The standard InChI is InChI=1S/C20H23N5/c1-24(2)20-22-12-19(13-23-20)16-25(14-17-6-4-3-5-7-17)15-18-8-10-21-11-9-18/h3-13H,14-16H2,1-2H3. The Morgan fingerprint density at radius 1 is 0.720 bits per heavy atom. The monoisotopic (exact) mass is 333 g/mol. The van der Waals surface area contributed by atoms with E-state index in [0.717, 1.165) is 31.1 Å². The first kappa shape index (κ1) is 17.0. The SMILES string of the molecule is CN(C)c1ncc(CN(Cc2ccccc2)Cc2ccncc2)cn1. The Kier molecular flexibility index (Phi) is 5.69. The zero-order chi connectivity index (χ0) is 17.5. The molecular weight excluding hydrogens is 310 g/mol. The van der Waals surface area contributed by atoms with Gasteiger partial charge in [0.2, 0.25) is 5.95 Å². The summed E-state index contributed by atoms with van der Waals surface area (Å²) in [6.45, 7) is 2.52. The average Bonchev–Trinajstić information content (AvgIpc) is 2.64. The number of nitrogens with zero attached hydrogens (tertiary/aromatic N) is 5. The van der Waals surface area contributed by atoms with E-state index in [4.69, 9.17) is 0 Å². The minimum Gasteiger partial charge on any atom is -0.347 e. The van der Waals surface area contributed by atoms with Crippen molar-refractivity contribution >= 4 is 5.95 Å². The summed E-state index contributed by atoms with van der Waals surface area (Å²) in [5.74, 6) is 0.729. The lowest BCUT2D eigenvalue weighted by molar-refractivity contribution is 0.247. The molecule has 1 aromatic carbocycles. The Bertz CT molecular complexity index is 716. The molecule has 5 heteroatoms. The van der Waals surface area contributed by atoms with Crippen LogP contribution < -0.4 is 4.90 Å². The number of hydrogen-bond acceptors (Lipinski definition) is 5. The van der Waals surface area contributed by atoms with Gasteiger partial charge in [0.1, 0.15) is 0 Å². The molecule has 0 bridgehead atoms. The zero-order valence-corrected chi connectivity index (χ0v) is 14.7. The highest BCUT2D eigenvalue weighted by Gasteiger charge is 2.09. The summed E-state index contributed by atoms with van der Waals surface area (Å²) < 4.78 is 0. The Morgan fingerprint density at radius 3 is 1.88 bits per heavy atom. The molecule has 0 radical (unpaired) electrons. The third-order valence-electron chi connectivity index (χ3n) is 3.90. The summed E-state index contributed by atoms with van der Waals surface area (Å²) in [6, 6.07) is 14.6. The Hall–Kier alpha value is -2.79. The third-order valence-corrected chi connectivity index (χ3v) is 3.90. The predicted molar refractivity (Wildman–Crippen MR) is 100.0 cm³/mol. The highest BCUT2D eigenvalue weighted by Crippen LogP contribution is 2.14. The third kappa shape index (κ3) is 5.09. The van der Waals surface area contributed by atoms with Gasteiger partial charge in [0.25, 0.3) is 0 Å². The molecule has 0 atom stereocenters. The lowest BCUT2D eigenvalue weighted by atomic mass is 10.1. The Morgan fingerprint density at radius 2 is 1.28 bits per heavy atom. The van der Waals surface area contributed by atoms with Gasteiger partial charge in [-0.15, -0.1) is 0 Å². The minimum absolute atomic E-state index is 0.729. The van der Waals surface area contributed by atoms with Gasteiger partial charge in [-0.2, -0.15) is 0 Å². The fraction of sp³-hybridized carbons (Fsp3) is 0.250. The first-order valence-corrected chi connectivity index (χ1v) is 8.34. The fourth-order valence-electron chi connectivity index (χ4n) is 2.67. The maximum atomic E-state index is 4.42. The van der Waals surface area contributed by atoms with Gasteiger partial charge >= 0.3 is 0 Å². The van der Waals surface area contributed by atoms with Gasteiger partial charge in [0.15, 0.2) is 0 Å². The number of aromatic nitrogens is 3. The van der Waals surface area contributed by atoms with E-state index in [0.29, 0.717) is 0 Å². The summed E-state index contributed by atoms with van der Waals surface area (Å²) in [5.41, 5.74) is 3.65. The van der Waals surface area contributed by atoms with Crippen molar-refractivity contribution in [1.82, 2.24) is 19.9 Å². The fourth-order valence-corrected chi connectivity index (χ4v) is 2.67. The first-order valence-electron chi connectivity index (χ1n) is 8.34. The molecule has 0 N–H and O–H groups in total. The predicted octanol–water partition coefficient (Wildman–Crippen LogP) is 3.14. The van der Waals surface area contributed by atoms with E-state index in [1.54, 1.807) is 0 Å². The quantitative estimate of drug-likeness (QED) is 0.665. The van der Waals surface area contributed by atoms with Crippen LogP contribution in [-0.4, -0.2) is 33.9 Å². The summed E-state index contributed by atoms with van der Waals surface area (Å²) in [6.07, 6.45) is 7.50. The molecule has 0 saturated carbocycles. The van der Waals surface area contributed by atoms with Gasteiger partial charge in [-0.25, -0.2) is 9.97 Å². The van der Waals surface area contributed by atoms with Crippen molar-refractivity contribution in [1.29, 1.82) is 0 Å². The van der Waals surface area contributed by atoms with Gasteiger partial charge < -0.3 is 4.90 Å². The van der Waals surface area contributed by atoms with Crippen LogP contribution in [0.15, 0.2) is 67.3 Å². The van der Waals surface area contributed by atoms with Crippen molar-refractivity contribution in [2.24, 2.45) is 0 Å². The molecule has 128 valence electrons. The minimum atomic E-state index is 0.729. The van der Waals surface area contributed by atoms with Crippen molar-refractivity contribution in [3.05, 3.63) is 83.9 Å². The van der Waals surface area contributed by atoms with Crippen molar-refractivity contribution < 1.29 is 0 Å². The summed E-state index contributed by atoms with van der Waals surface area (Å²) in [5, 5.41) is 0. The van der Waals surface area contributed by atoms with E-state index in [1.165, 1.54) is 11.1 Å². The van der Waals surface area contributed by atoms with Gasteiger partial charge in [-0.05, 0) is 23.3 Å². The first-order chi connectivity index (χ1) is 12.2. The van der Waals surface area contributed by atoms with Crippen LogP contribution in [0.5, 0.6) is 0 Å². The lowest BCUT2D eigenvalue weighted by Crippen LogP contribution is -2.23. The van der Waals surface area contributed by atoms with Crippen molar-refractivity contribution in [3.63, 3.8) is 0 Å². The molecule has 25 heavy (non-hydrogen) atoms. The zero-order valence-electron chi connectivity index (χ0n) is 14.7. The summed E-state index contributed by atoms with van der Waals surface area (Å²) in [7, 11) is 3.89. The lowest BCUT2D eigenvalue weighted by Gasteiger charge is -2.22. The van der Waals surface area contributed by atoms with E-state index in [-0.39, 0.29) is 0 Å². The summed E-state index contributed by atoms with van der Waals surface area (Å²) in [4.78, 5) is 17.2. The molecule has 0 spiro atoms. The van der Waals surface area contributed by atoms with Gasteiger partial charge in [0.05, 0.1) is 0 Å². The molecule has 0 unspecified atom stereocenters. The highest BCUT2D eigenvalue weighted by atomic mass is 15.2. The molecule has 2 heterocycles. The van der Waals surface area contributed by atoms with Gasteiger partial charge in [-0.1, -0.05) is 30.3 Å². The van der Waals surface area contributed by atoms with Crippen LogP contribution in [0.4, 0.5) is 5.95 Å². The van der Waals surface area contributed by atoms with Crippen molar-refractivity contribution in [3.8, 4) is 0 Å². The second-order valence-electron chi connectivity index (χ2n) is 6.27. The maximum absolute atomic E-state index is 4.42. The van der Waals surface area contributed by atoms with E-state index < -0.39 is 0 Å². The highest BCUT2D eigenvalue weighted by molar-refractivity contribution is 5.26. The molecular formula is C20H23N5. The van der Waals surface area contributed by atoms with Crippen LogP contribution in [-0.2, 0) is 19.6 Å². The molecule has 5 nitrogen and oxygen atoms in total. The molecule has 0 aliphatic carbocycles. The molecule has 0 aliphatic rings. The Labute approximate surface area is 149 Å². The molecule has 0 amide bonds. The number of pyridine rings is 1. The van der Waals surface area contributed by atoms with E-state index in [2.05, 4.69) is 56.3 Å². The van der Waals surface area contributed by atoms with Gasteiger partial charge in [-0.3, -0.25) is 9.88 Å². The van der Waals surface area contributed by atoms with Crippen molar-refractivity contribution in [2.75, 3.05) is 19.0 Å². The molecule has 0 aliphatic heterocycles.